The van der Waals surface area contributed by atoms with E-state index in [1.165, 1.54) is 26.4 Å². The zero-order chi connectivity index (χ0) is 10.8. The lowest BCUT2D eigenvalue weighted by molar-refractivity contribution is -0.119. The van der Waals surface area contributed by atoms with Crippen molar-refractivity contribution in [2.45, 2.75) is 12.3 Å². The molecule has 2 N–H and O–H groups in total. The molecule has 0 aliphatic heterocycles. The van der Waals surface area contributed by atoms with E-state index in [2.05, 4.69) is 4.74 Å². The van der Waals surface area contributed by atoms with Gasteiger partial charge in [-0.1, -0.05) is 6.08 Å². The van der Waals surface area contributed by atoms with Crippen LogP contribution in [0, 0.1) is 0 Å². The highest BCUT2D eigenvalue weighted by molar-refractivity contribution is 6.50. The molecule has 0 heterocycles. The van der Waals surface area contributed by atoms with Crippen LogP contribution in [-0.2, 0) is 9.47 Å². The van der Waals surface area contributed by atoms with Gasteiger partial charge in [0, 0.05) is 13.5 Å². The van der Waals surface area contributed by atoms with Crippen molar-refractivity contribution < 1.29 is 23.9 Å². The number of methoxy groups -OCH3 is 2. The van der Waals surface area contributed by atoms with Crippen LogP contribution in [0.5, 0.6) is 0 Å². The van der Waals surface area contributed by atoms with Gasteiger partial charge in [0.1, 0.15) is 0 Å². The molecule has 0 bridgehead atoms. The van der Waals surface area contributed by atoms with Crippen molar-refractivity contribution in [3.05, 3.63) is 23.4 Å². The second-order valence-corrected chi connectivity index (χ2v) is 2.96. The maximum Gasteiger partial charge on any atom is 0.484 e. The van der Waals surface area contributed by atoms with Crippen LogP contribution >= 0.6 is 0 Å². The van der Waals surface area contributed by atoms with Crippen LogP contribution in [-0.4, -0.2) is 37.2 Å². The summed E-state index contributed by atoms with van der Waals surface area (Å²) in [7, 11) is 0.849. The number of rotatable bonds is 3. The Morgan fingerprint density at radius 3 is 2.50 bits per heavy atom. The number of halogens is 1. The number of hydrogen-bond acceptors (Lipinski definition) is 4. The van der Waals surface area contributed by atoms with Crippen molar-refractivity contribution >= 4 is 7.12 Å². The van der Waals surface area contributed by atoms with Crippen LogP contribution in [0.2, 0.25) is 0 Å². The number of alkyl halides is 1. The first-order valence-corrected chi connectivity index (χ1v) is 4.09. The Morgan fingerprint density at radius 2 is 2.07 bits per heavy atom. The Hall–Kier alpha value is -0.845. The van der Waals surface area contributed by atoms with Gasteiger partial charge in [-0.2, -0.15) is 0 Å². The minimum Gasteiger partial charge on any atom is -0.495 e. The predicted octanol–water partition coefficient (Wildman–Crippen LogP) is 0.171. The molecule has 0 aromatic heterocycles. The van der Waals surface area contributed by atoms with E-state index in [1.54, 1.807) is 0 Å². The standard InChI is InChI=1S/C8H12BFO4/c1-13-7-4-3-6(9(11)12)5-8(7,10)14-2/h3-4,11-12H,5H2,1-2H3. The highest BCUT2D eigenvalue weighted by Crippen LogP contribution is 2.34. The van der Waals surface area contributed by atoms with Gasteiger partial charge in [-0.25, -0.2) is 4.39 Å². The second-order valence-electron chi connectivity index (χ2n) is 2.96. The van der Waals surface area contributed by atoms with Gasteiger partial charge >= 0.3 is 7.12 Å². The summed E-state index contributed by atoms with van der Waals surface area (Å²) in [6.45, 7) is 0. The predicted molar refractivity (Wildman–Crippen MR) is 48.8 cm³/mol. The largest absolute Gasteiger partial charge is 0.495 e. The number of allylic oxidation sites excluding steroid dienone is 2. The Morgan fingerprint density at radius 1 is 1.43 bits per heavy atom. The smallest absolute Gasteiger partial charge is 0.484 e. The van der Waals surface area contributed by atoms with E-state index in [0.29, 0.717) is 0 Å². The van der Waals surface area contributed by atoms with E-state index in [4.69, 9.17) is 14.8 Å². The monoisotopic (exact) mass is 202 g/mol. The number of hydrogen-bond donors (Lipinski definition) is 2. The zero-order valence-electron chi connectivity index (χ0n) is 8.03. The topological polar surface area (TPSA) is 58.9 Å². The summed E-state index contributed by atoms with van der Waals surface area (Å²) < 4.78 is 23.3. The molecule has 0 spiro atoms. The van der Waals surface area contributed by atoms with Crippen molar-refractivity contribution in [1.29, 1.82) is 0 Å². The van der Waals surface area contributed by atoms with Gasteiger partial charge in [0.15, 0.2) is 5.76 Å². The molecular formula is C8H12BFO4. The molecule has 1 unspecified atom stereocenters. The molecule has 1 aliphatic rings. The maximum atomic E-state index is 13.9. The quantitative estimate of drug-likeness (QED) is 0.640. The summed E-state index contributed by atoms with van der Waals surface area (Å²) in [5, 5.41) is 17.7. The Bertz CT molecular complexity index is 277. The average Bonchev–Trinajstić information content (AvgIpc) is 2.17. The molecule has 6 heteroatoms. The SMILES string of the molecule is COC1=CC=C(B(O)O)CC1(F)OC. The van der Waals surface area contributed by atoms with Crippen LogP contribution < -0.4 is 0 Å². The summed E-state index contributed by atoms with van der Waals surface area (Å²) in [5.41, 5.74) is 0.148. The van der Waals surface area contributed by atoms with Crippen LogP contribution in [0.1, 0.15) is 6.42 Å². The van der Waals surface area contributed by atoms with Gasteiger partial charge < -0.3 is 19.5 Å². The normalized spacial score (nSPS) is 26.6. The minimum atomic E-state index is -2.11. The Balaban J connectivity index is 2.94. The van der Waals surface area contributed by atoms with Gasteiger partial charge in [-0.3, -0.25) is 0 Å². The van der Waals surface area contributed by atoms with E-state index < -0.39 is 13.0 Å². The Kier molecular flexibility index (Phi) is 3.31. The lowest BCUT2D eigenvalue weighted by Gasteiger charge is -2.28. The summed E-state index contributed by atoms with van der Waals surface area (Å²) in [5.74, 6) is -2.09. The highest BCUT2D eigenvalue weighted by atomic mass is 19.2. The fourth-order valence-electron chi connectivity index (χ4n) is 1.29. The molecule has 0 saturated carbocycles. The summed E-state index contributed by atoms with van der Waals surface area (Å²) >= 11 is 0. The van der Waals surface area contributed by atoms with E-state index in [9.17, 15) is 4.39 Å². The lowest BCUT2D eigenvalue weighted by atomic mass is 9.73. The molecule has 78 valence electrons. The first-order chi connectivity index (χ1) is 6.53. The van der Waals surface area contributed by atoms with E-state index in [1.807, 2.05) is 0 Å². The zero-order valence-corrected chi connectivity index (χ0v) is 8.03. The number of ether oxygens (including phenoxy) is 2. The molecule has 0 aromatic rings. The Labute approximate surface area is 81.8 Å². The van der Waals surface area contributed by atoms with E-state index >= 15 is 0 Å². The van der Waals surface area contributed by atoms with Crippen molar-refractivity contribution in [1.82, 2.24) is 0 Å². The molecule has 0 fully saturated rings. The third kappa shape index (κ3) is 1.97. The van der Waals surface area contributed by atoms with Gasteiger partial charge in [0.2, 0.25) is 0 Å². The van der Waals surface area contributed by atoms with Crippen molar-refractivity contribution in [2.24, 2.45) is 0 Å². The molecule has 1 atom stereocenters. The van der Waals surface area contributed by atoms with Crippen molar-refractivity contribution in [2.75, 3.05) is 14.2 Å². The van der Waals surface area contributed by atoms with Crippen molar-refractivity contribution in [3.8, 4) is 0 Å². The fourth-order valence-corrected chi connectivity index (χ4v) is 1.29. The molecule has 4 nitrogen and oxygen atoms in total. The van der Waals surface area contributed by atoms with Crippen LogP contribution in [0.25, 0.3) is 0 Å². The molecule has 0 saturated heterocycles. The van der Waals surface area contributed by atoms with Crippen LogP contribution in [0.15, 0.2) is 23.4 Å². The second kappa shape index (κ2) is 4.12. The fraction of sp³-hybridized carbons (Fsp3) is 0.500. The molecule has 0 amide bonds. The minimum absolute atomic E-state index is 0.0180. The summed E-state index contributed by atoms with van der Waals surface area (Å²) in [4.78, 5) is 0. The molecular weight excluding hydrogens is 190 g/mol. The molecule has 0 radical (unpaired) electrons. The summed E-state index contributed by atoms with van der Waals surface area (Å²) in [6.07, 6.45) is 2.48. The third-order valence-corrected chi connectivity index (χ3v) is 2.12. The van der Waals surface area contributed by atoms with Crippen LogP contribution in [0.4, 0.5) is 4.39 Å². The molecule has 0 aromatic carbocycles. The lowest BCUT2D eigenvalue weighted by Crippen LogP contribution is -2.35. The molecule has 1 rings (SSSR count). The van der Waals surface area contributed by atoms with Crippen molar-refractivity contribution in [3.63, 3.8) is 0 Å². The van der Waals surface area contributed by atoms with Crippen LogP contribution in [0.3, 0.4) is 0 Å². The van der Waals surface area contributed by atoms with Gasteiger partial charge in [-0.05, 0) is 11.5 Å². The van der Waals surface area contributed by atoms with Gasteiger partial charge in [0.25, 0.3) is 5.85 Å². The van der Waals surface area contributed by atoms with Gasteiger partial charge in [0.05, 0.1) is 7.11 Å². The first kappa shape index (κ1) is 11.2. The third-order valence-electron chi connectivity index (χ3n) is 2.12. The maximum absolute atomic E-state index is 13.9. The van der Waals surface area contributed by atoms with E-state index in [-0.39, 0.29) is 17.7 Å². The van der Waals surface area contributed by atoms with Gasteiger partial charge in [-0.15, -0.1) is 0 Å². The summed E-state index contributed by atoms with van der Waals surface area (Å²) in [6, 6.07) is 0. The average molecular weight is 202 g/mol. The first-order valence-electron chi connectivity index (χ1n) is 4.09. The molecule has 14 heavy (non-hydrogen) atoms. The van der Waals surface area contributed by atoms with E-state index in [0.717, 1.165) is 0 Å². The highest BCUT2D eigenvalue weighted by Gasteiger charge is 2.40. The molecule has 1 aliphatic carbocycles.